The lowest BCUT2D eigenvalue weighted by Gasteiger charge is -2.66. The molecule has 0 aromatic carbocycles. The van der Waals surface area contributed by atoms with E-state index in [9.17, 15) is 10.2 Å². The summed E-state index contributed by atoms with van der Waals surface area (Å²) in [5, 5.41) is 21.7. The van der Waals surface area contributed by atoms with E-state index in [1.54, 1.807) is 0 Å². The first-order chi connectivity index (χ1) is 9.39. The summed E-state index contributed by atoms with van der Waals surface area (Å²) in [5.41, 5.74) is -1.85. The largest absolute Gasteiger partial charge is 0.416 e. The number of ether oxygens (including phenoxy) is 1. The van der Waals surface area contributed by atoms with Crippen LogP contribution in [0.25, 0.3) is 0 Å². The van der Waals surface area contributed by atoms with Gasteiger partial charge >= 0.3 is 0 Å². The summed E-state index contributed by atoms with van der Waals surface area (Å²) < 4.78 is 12.4. The van der Waals surface area contributed by atoms with Gasteiger partial charge in [0.1, 0.15) is 5.60 Å². The van der Waals surface area contributed by atoms with E-state index in [-0.39, 0.29) is 17.1 Å². The molecule has 0 spiro atoms. The van der Waals surface area contributed by atoms with Gasteiger partial charge in [0.15, 0.2) is 8.32 Å². The van der Waals surface area contributed by atoms with Crippen LogP contribution in [0.3, 0.4) is 0 Å². The predicted octanol–water partition coefficient (Wildman–Crippen LogP) is 2.30. The molecule has 0 aromatic heterocycles. The van der Waals surface area contributed by atoms with Gasteiger partial charge in [-0.25, -0.2) is 0 Å². The number of aliphatic hydroxyl groups is 2. The minimum Gasteiger partial charge on any atom is -0.416 e. The highest BCUT2D eigenvalue weighted by Gasteiger charge is 2.81. The van der Waals surface area contributed by atoms with Gasteiger partial charge in [0, 0.05) is 18.9 Å². The zero-order valence-corrected chi connectivity index (χ0v) is 15.2. The lowest BCUT2D eigenvalue weighted by Crippen LogP contribution is -2.77. The zero-order chi connectivity index (χ0) is 15.9. The molecule has 0 unspecified atom stereocenters. The standard InChI is InChI=1S/C16H30O4Si/c1-13(2,3)21(5,6)20-10-15-9-19-14(4)8-12(17)11(15)7-16(14,15)18/h11-12,17-18H,7-10H2,1-6H3/t11-,12+,14-,15+,16-/m0/s1. The molecule has 21 heavy (non-hydrogen) atoms. The summed E-state index contributed by atoms with van der Waals surface area (Å²) >= 11 is 0. The monoisotopic (exact) mass is 314 g/mol. The molecule has 1 aliphatic heterocycles. The van der Waals surface area contributed by atoms with E-state index in [4.69, 9.17) is 9.16 Å². The van der Waals surface area contributed by atoms with Crippen LogP contribution >= 0.6 is 0 Å². The zero-order valence-electron chi connectivity index (χ0n) is 14.2. The van der Waals surface area contributed by atoms with E-state index in [2.05, 4.69) is 33.9 Å². The van der Waals surface area contributed by atoms with E-state index in [1.165, 1.54) is 0 Å². The van der Waals surface area contributed by atoms with Crippen LogP contribution in [0.1, 0.15) is 40.5 Å². The van der Waals surface area contributed by atoms with Crippen molar-refractivity contribution in [2.45, 2.75) is 76.0 Å². The van der Waals surface area contributed by atoms with Crippen molar-refractivity contribution in [3.8, 4) is 0 Å². The molecule has 0 radical (unpaired) electrons. The summed E-state index contributed by atoms with van der Waals surface area (Å²) in [7, 11) is -1.87. The molecule has 0 amide bonds. The Kier molecular flexibility index (Phi) is 3.12. The van der Waals surface area contributed by atoms with Gasteiger partial charge in [0.2, 0.25) is 0 Å². The first-order valence-electron chi connectivity index (χ1n) is 8.07. The van der Waals surface area contributed by atoms with E-state index in [0.717, 1.165) is 0 Å². The Morgan fingerprint density at radius 3 is 2.48 bits per heavy atom. The first-order valence-corrected chi connectivity index (χ1v) is 11.0. The van der Waals surface area contributed by atoms with Gasteiger partial charge in [-0.15, -0.1) is 0 Å². The van der Waals surface area contributed by atoms with Crippen LogP contribution in [-0.4, -0.2) is 49.1 Å². The van der Waals surface area contributed by atoms with Crippen LogP contribution in [0.2, 0.25) is 18.1 Å². The second kappa shape index (κ2) is 4.12. The highest BCUT2D eigenvalue weighted by Crippen LogP contribution is 2.71. The third kappa shape index (κ3) is 1.75. The lowest BCUT2D eigenvalue weighted by molar-refractivity contribution is -0.293. The molecular weight excluding hydrogens is 284 g/mol. The maximum absolute atomic E-state index is 11.2. The Balaban J connectivity index is 1.83. The lowest BCUT2D eigenvalue weighted by atomic mass is 9.41. The minimum atomic E-state index is -1.87. The van der Waals surface area contributed by atoms with Gasteiger partial charge < -0.3 is 19.4 Å². The first kappa shape index (κ1) is 15.9. The maximum Gasteiger partial charge on any atom is 0.192 e. The Bertz CT molecular complexity index is 460. The molecule has 3 saturated carbocycles. The SMILES string of the molecule is CC(C)(C)[Si](C)(C)OC[C@]12CO[C@@]3(C)C[C@@H](O)[C@@H]1C[C@@]23O. The fraction of sp³-hybridized carbons (Fsp3) is 1.00. The molecule has 2 N–H and O–H groups in total. The molecule has 3 aliphatic carbocycles. The van der Waals surface area contributed by atoms with Crippen molar-refractivity contribution in [2.24, 2.45) is 11.3 Å². The molecule has 5 heteroatoms. The summed E-state index contributed by atoms with van der Waals surface area (Å²) in [6.45, 7) is 14.1. The van der Waals surface area contributed by atoms with Gasteiger partial charge in [-0.05, 0) is 31.5 Å². The molecule has 1 saturated heterocycles. The minimum absolute atomic E-state index is 0.114. The fourth-order valence-corrected chi connectivity index (χ4v) is 5.39. The van der Waals surface area contributed by atoms with Crippen molar-refractivity contribution in [1.82, 2.24) is 0 Å². The van der Waals surface area contributed by atoms with Gasteiger partial charge in [-0.3, -0.25) is 0 Å². The normalized spacial score (nSPS) is 49.1. The van der Waals surface area contributed by atoms with E-state index >= 15 is 0 Å². The number of rotatable bonds is 3. The number of hydrogen-bond acceptors (Lipinski definition) is 4. The van der Waals surface area contributed by atoms with Gasteiger partial charge in [-0.2, -0.15) is 0 Å². The maximum atomic E-state index is 11.2. The quantitative estimate of drug-likeness (QED) is 0.785. The molecule has 0 aromatic rings. The molecule has 4 fully saturated rings. The predicted molar refractivity (Wildman–Crippen MR) is 83.6 cm³/mol. The fourth-order valence-electron chi connectivity index (χ4n) is 4.34. The van der Waals surface area contributed by atoms with Crippen LogP contribution in [0.15, 0.2) is 0 Å². The highest BCUT2D eigenvalue weighted by molar-refractivity contribution is 6.74. The molecule has 4 nitrogen and oxygen atoms in total. The van der Waals surface area contributed by atoms with Gasteiger partial charge in [-0.1, -0.05) is 20.8 Å². The third-order valence-electron chi connectivity index (χ3n) is 7.13. The molecule has 4 bridgehead atoms. The van der Waals surface area contributed by atoms with Crippen LogP contribution < -0.4 is 0 Å². The number of fused-ring (bicyclic) bond motifs is 1. The Morgan fingerprint density at radius 2 is 1.90 bits per heavy atom. The smallest absolute Gasteiger partial charge is 0.192 e. The number of hydrogen-bond donors (Lipinski definition) is 2. The summed E-state index contributed by atoms with van der Waals surface area (Å²) in [5.74, 6) is 0.114. The Labute approximate surface area is 129 Å². The summed E-state index contributed by atoms with van der Waals surface area (Å²) in [6, 6.07) is 0. The van der Waals surface area contributed by atoms with Crippen molar-refractivity contribution >= 4 is 8.32 Å². The summed E-state index contributed by atoms with van der Waals surface area (Å²) in [4.78, 5) is 0. The van der Waals surface area contributed by atoms with Crippen LogP contribution in [0.5, 0.6) is 0 Å². The number of aliphatic hydroxyl groups excluding tert-OH is 1. The average Bonchev–Trinajstić information content (AvgIpc) is 2.41. The molecule has 4 rings (SSSR count). The van der Waals surface area contributed by atoms with Crippen LogP contribution in [-0.2, 0) is 9.16 Å². The summed E-state index contributed by atoms with van der Waals surface area (Å²) in [6.07, 6.45) is 0.802. The van der Waals surface area contributed by atoms with Gasteiger partial charge in [0.05, 0.1) is 23.7 Å². The molecular formula is C16H30O4Si. The molecule has 122 valence electrons. The average molecular weight is 314 g/mol. The van der Waals surface area contributed by atoms with Crippen molar-refractivity contribution in [3.05, 3.63) is 0 Å². The van der Waals surface area contributed by atoms with Crippen molar-refractivity contribution in [1.29, 1.82) is 0 Å². The Morgan fingerprint density at radius 1 is 1.29 bits per heavy atom. The van der Waals surface area contributed by atoms with Crippen molar-refractivity contribution in [2.75, 3.05) is 13.2 Å². The Hall–Kier alpha value is 0.0569. The van der Waals surface area contributed by atoms with Crippen LogP contribution in [0, 0.1) is 11.3 Å². The molecule has 5 atom stereocenters. The highest BCUT2D eigenvalue weighted by atomic mass is 28.4. The molecule has 4 aliphatic rings. The second-order valence-corrected chi connectivity index (χ2v) is 14.0. The second-order valence-electron chi connectivity index (χ2n) is 9.17. The van der Waals surface area contributed by atoms with E-state index in [1.807, 2.05) is 6.92 Å². The van der Waals surface area contributed by atoms with Crippen LogP contribution in [0.4, 0.5) is 0 Å². The van der Waals surface area contributed by atoms with E-state index < -0.39 is 24.9 Å². The van der Waals surface area contributed by atoms with Gasteiger partial charge in [0.25, 0.3) is 0 Å². The topological polar surface area (TPSA) is 58.9 Å². The van der Waals surface area contributed by atoms with Crippen molar-refractivity contribution in [3.63, 3.8) is 0 Å². The van der Waals surface area contributed by atoms with Crippen molar-refractivity contribution < 1.29 is 19.4 Å². The molecule has 1 heterocycles. The van der Waals surface area contributed by atoms with E-state index in [0.29, 0.717) is 26.1 Å². The third-order valence-corrected chi connectivity index (χ3v) is 11.6.